The Bertz CT molecular complexity index is 511. The molecular formula is C13H15F3N2O4. The van der Waals surface area contributed by atoms with Gasteiger partial charge < -0.3 is 19.5 Å². The maximum atomic E-state index is 13.3. The van der Waals surface area contributed by atoms with Crippen LogP contribution in [0.1, 0.15) is 6.42 Å². The van der Waals surface area contributed by atoms with Crippen molar-refractivity contribution in [3.63, 3.8) is 0 Å². The van der Waals surface area contributed by atoms with E-state index in [4.69, 9.17) is 14.2 Å². The molecule has 22 heavy (non-hydrogen) atoms. The quantitative estimate of drug-likeness (QED) is 0.815. The number of amides is 2. The molecule has 0 bridgehead atoms. The number of ether oxygens (including phenoxy) is 3. The van der Waals surface area contributed by atoms with Gasteiger partial charge in [0.15, 0.2) is 11.5 Å². The lowest BCUT2D eigenvalue weighted by Gasteiger charge is -2.29. The Labute approximate surface area is 124 Å². The first kappa shape index (κ1) is 16.2. The standard InChI is InChI=1S/C13H15F3N2O4/c1-20-8-4-7-17-11(19)18-13(12(14,15)16)21-9-5-2-3-6-10(9)22-13/h2-3,5-6H,4,7-8H2,1H3,(H2,17,18,19). The Morgan fingerprint density at radius 1 is 1.27 bits per heavy atom. The van der Waals surface area contributed by atoms with E-state index in [1.807, 2.05) is 0 Å². The van der Waals surface area contributed by atoms with E-state index in [-0.39, 0.29) is 18.0 Å². The summed E-state index contributed by atoms with van der Waals surface area (Å²) in [5.41, 5.74) is 0. The fourth-order valence-corrected chi connectivity index (χ4v) is 1.80. The smallest absolute Gasteiger partial charge is 0.424 e. The molecule has 6 nitrogen and oxygen atoms in total. The Balaban J connectivity index is 2.05. The average molecular weight is 320 g/mol. The van der Waals surface area contributed by atoms with Crippen LogP contribution in [-0.2, 0) is 4.74 Å². The minimum absolute atomic E-state index is 0.0977. The topological polar surface area (TPSA) is 68.8 Å². The third-order valence-electron chi connectivity index (χ3n) is 2.82. The van der Waals surface area contributed by atoms with Crippen molar-refractivity contribution in [1.29, 1.82) is 0 Å². The van der Waals surface area contributed by atoms with Crippen LogP contribution in [0.15, 0.2) is 24.3 Å². The van der Waals surface area contributed by atoms with Crippen LogP contribution in [0.4, 0.5) is 18.0 Å². The van der Waals surface area contributed by atoms with E-state index in [0.29, 0.717) is 13.0 Å². The molecule has 0 unspecified atom stereocenters. The molecule has 0 spiro atoms. The first-order chi connectivity index (χ1) is 10.4. The van der Waals surface area contributed by atoms with Crippen LogP contribution in [0, 0.1) is 0 Å². The zero-order valence-electron chi connectivity index (χ0n) is 11.7. The molecule has 0 fully saturated rings. The molecule has 0 aromatic heterocycles. The second-order valence-corrected chi connectivity index (χ2v) is 4.49. The summed E-state index contributed by atoms with van der Waals surface area (Å²) in [6, 6.07) is 4.59. The van der Waals surface area contributed by atoms with E-state index < -0.39 is 18.1 Å². The Kier molecular flexibility index (Phi) is 4.65. The molecule has 2 rings (SSSR count). The summed E-state index contributed by atoms with van der Waals surface area (Å²) >= 11 is 0. The number of hydrogen-bond donors (Lipinski definition) is 2. The van der Waals surface area contributed by atoms with Gasteiger partial charge >= 0.3 is 18.1 Å². The van der Waals surface area contributed by atoms with Crippen LogP contribution < -0.4 is 20.1 Å². The zero-order chi connectivity index (χ0) is 16.2. The van der Waals surface area contributed by atoms with Gasteiger partial charge in [-0.05, 0) is 18.6 Å². The number of benzene rings is 1. The minimum atomic E-state index is -4.96. The third-order valence-corrected chi connectivity index (χ3v) is 2.82. The molecule has 0 radical (unpaired) electrons. The van der Waals surface area contributed by atoms with Crippen molar-refractivity contribution in [2.45, 2.75) is 18.5 Å². The van der Waals surface area contributed by atoms with Gasteiger partial charge in [-0.15, -0.1) is 0 Å². The van der Waals surface area contributed by atoms with E-state index in [9.17, 15) is 18.0 Å². The van der Waals surface area contributed by atoms with Gasteiger partial charge in [0.1, 0.15) is 0 Å². The Morgan fingerprint density at radius 3 is 2.36 bits per heavy atom. The molecule has 0 saturated carbocycles. The van der Waals surface area contributed by atoms with E-state index in [1.165, 1.54) is 31.4 Å². The maximum Gasteiger partial charge on any atom is 0.492 e. The molecule has 1 aromatic carbocycles. The number of rotatable bonds is 5. The summed E-state index contributed by atoms with van der Waals surface area (Å²) in [5, 5.41) is 3.97. The van der Waals surface area contributed by atoms with Gasteiger partial charge in [-0.25, -0.2) is 4.79 Å². The van der Waals surface area contributed by atoms with Crippen molar-refractivity contribution in [3.05, 3.63) is 24.3 Å². The first-order valence-corrected chi connectivity index (χ1v) is 6.47. The van der Waals surface area contributed by atoms with E-state index in [1.54, 1.807) is 5.32 Å². The summed E-state index contributed by atoms with van der Waals surface area (Å²) < 4.78 is 54.2. The lowest BCUT2D eigenvalue weighted by Crippen LogP contribution is -2.66. The SMILES string of the molecule is COCCCNC(=O)NC1(C(F)(F)F)Oc2ccccc2O1. The minimum Gasteiger partial charge on any atom is -0.424 e. The fourth-order valence-electron chi connectivity index (χ4n) is 1.80. The van der Waals surface area contributed by atoms with Gasteiger partial charge in [-0.2, -0.15) is 13.2 Å². The first-order valence-electron chi connectivity index (χ1n) is 6.47. The van der Waals surface area contributed by atoms with Crippen molar-refractivity contribution in [2.75, 3.05) is 20.3 Å². The third kappa shape index (κ3) is 3.35. The highest BCUT2D eigenvalue weighted by atomic mass is 19.4. The summed E-state index contributed by atoms with van der Waals surface area (Å²) in [6.45, 7) is 0.531. The normalized spacial score (nSPS) is 15.5. The molecule has 0 atom stereocenters. The van der Waals surface area contributed by atoms with Crippen LogP contribution >= 0.6 is 0 Å². The van der Waals surface area contributed by atoms with Crippen molar-refractivity contribution in [2.24, 2.45) is 0 Å². The lowest BCUT2D eigenvalue weighted by atomic mass is 10.3. The predicted molar refractivity (Wildman–Crippen MR) is 69.5 cm³/mol. The van der Waals surface area contributed by atoms with Crippen LogP contribution in [0.25, 0.3) is 0 Å². The summed E-state index contributed by atoms with van der Waals surface area (Å²) in [5.74, 6) is -3.43. The number of halogens is 3. The summed E-state index contributed by atoms with van der Waals surface area (Å²) in [6.07, 6.45) is -4.50. The molecule has 1 heterocycles. The van der Waals surface area contributed by atoms with Gasteiger partial charge in [0.2, 0.25) is 0 Å². The second-order valence-electron chi connectivity index (χ2n) is 4.49. The van der Waals surface area contributed by atoms with E-state index >= 15 is 0 Å². The maximum absolute atomic E-state index is 13.3. The number of nitrogens with one attached hydrogen (secondary N) is 2. The summed E-state index contributed by atoms with van der Waals surface area (Å²) in [7, 11) is 1.48. The second kappa shape index (κ2) is 6.30. The molecule has 2 N–H and O–H groups in total. The lowest BCUT2D eigenvalue weighted by molar-refractivity contribution is -0.317. The highest BCUT2D eigenvalue weighted by Gasteiger charge is 2.65. The molecule has 2 amide bonds. The largest absolute Gasteiger partial charge is 0.492 e. The van der Waals surface area contributed by atoms with Gasteiger partial charge in [0, 0.05) is 20.3 Å². The number of hydrogen-bond acceptors (Lipinski definition) is 4. The highest BCUT2D eigenvalue weighted by molar-refractivity contribution is 5.74. The number of carbonyl (C=O) groups is 1. The van der Waals surface area contributed by atoms with Crippen molar-refractivity contribution in [3.8, 4) is 11.5 Å². The van der Waals surface area contributed by atoms with Crippen LogP contribution in [0.3, 0.4) is 0 Å². The average Bonchev–Trinajstić information content (AvgIpc) is 2.82. The number of fused-ring (bicyclic) bond motifs is 1. The van der Waals surface area contributed by atoms with Crippen LogP contribution in [0.2, 0.25) is 0 Å². The van der Waals surface area contributed by atoms with Gasteiger partial charge in [0.05, 0.1) is 0 Å². The number of para-hydroxylation sites is 2. The van der Waals surface area contributed by atoms with Gasteiger partial charge in [-0.3, -0.25) is 5.32 Å². The molecule has 9 heteroatoms. The van der Waals surface area contributed by atoms with E-state index in [2.05, 4.69) is 5.32 Å². The number of urea groups is 1. The fraction of sp³-hybridized carbons (Fsp3) is 0.462. The van der Waals surface area contributed by atoms with Crippen LogP contribution in [-0.4, -0.2) is 38.4 Å². The molecule has 1 aromatic rings. The molecule has 0 aliphatic carbocycles. The van der Waals surface area contributed by atoms with Crippen molar-refractivity contribution in [1.82, 2.24) is 10.6 Å². The van der Waals surface area contributed by atoms with E-state index in [0.717, 1.165) is 0 Å². The molecular weight excluding hydrogens is 305 g/mol. The molecule has 1 aliphatic heterocycles. The molecule has 0 saturated heterocycles. The number of methoxy groups -OCH3 is 1. The zero-order valence-corrected chi connectivity index (χ0v) is 11.7. The summed E-state index contributed by atoms with van der Waals surface area (Å²) in [4.78, 5) is 11.6. The van der Waals surface area contributed by atoms with Gasteiger partial charge in [0.25, 0.3) is 0 Å². The van der Waals surface area contributed by atoms with Crippen molar-refractivity contribution >= 4 is 6.03 Å². The predicted octanol–water partition coefficient (Wildman–Crippen LogP) is 2.01. The Morgan fingerprint density at radius 2 is 1.86 bits per heavy atom. The number of carbonyl (C=O) groups excluding carboxylic acids is 1. The number of alkyl halides is 3. The van der Waals surface area contributed by atoms with Crippen molar-refractivity contribution < 1.29 is 32.2 Å². The van der Waals surface area contributed by atoms with Gasteiger partial charge in [-0.1, -0.05) is 12.1 Å². The van der Waals surface area contributed by atoms with Crippen LogP contribution in [0.5, 0.6) is 11.5 Å². The highest BCUT2D eigenvalue weighted by Crippen LogP contribution is 2.44. The monoisotopic (exact) mass is 320 g/mol. The Hall–Kier alpha value is -2.16. The molecule has 122 valence electrons. The molecule has 1 aliphatic rings.